The number of nitrogens with zero attached hydrogens (tertiary/aromatic N) is 1. The van der Waals surface area contributed by atoms with Gasteiger partial charge in [-0.15, -0.1) is 0 Å². The number of halogens is 1. The molecule has 0 saturated carbocycles. The first-order valence-electron chi connectivity index (χ1n) is 6.39. The molecule has 0 amide bonds. The van der Waals surface area contributed by atoms with Gasteiger partial charge in [0.15, 0.2) is 0 Å². The third-order valence-corrected chi connectivity index (χ3v) is 6.09. The minimum Gasteiger partial charge on any atom is -0.398 e. The van der Waals surface area contributed by atoms with E-state index in [-0.39, 0.29) is 11.4 Å². The highest BCUT2D eigenvalue weighted by molar-refractivity contribution is 9.10. The molecule has 0 atom stereocenters. The van der Waals surface area contributed by atoms with Gasteiger partial charge in [-0.2, -0.15) is 4.31 Å². The van der Waals surface area contributed by atoms with Gasteiger partial charge in [-0.05, 0) is 36.2 Å². The molecule has 6 heteroatoms. The highest BCUT2D eigenvalue weighted by atomic mass is 79.9. The van der Waals surface area contributed by atoms with Gasteiger partial charge in [0.1, 0.15) is 0 Å². The fourth-order valence-corrected chi connectivity index (χ4v) is 3.84. The molecule has 21 heavy (non-hydrogen) atoms. The van der Waals surface area contributed by atoms with Crippen LogP contribution in [0.2, 0.25) is 0 Å². The second-order valence-electron chi connectivity index (χ2n) is 4.82. The van der Waals surface area contributed by atoms with Crippen LogP contribution in [0.25, 0.3) is 0 Å². The van der Waals surface area contributed by atoms with Gasteiger partial charge in [0.2, 0.25) is 10.0 Å². The molecule has 0 aliphatic carbocycles. The smallest absolute Gasteiger partial charge is 0.243 e. The predicted octanol–water partition coefficient (Wildman–Crippen LogP) is 3.16. The van der Waals surface area contributed by atoms with Crippen LogP contribution >= 0.6 is 15.9 Å². The number of anilines is 1. The van der Waals surface area contributed by atoms with Crippen LogP contribution in [0, 0.1) is 6.92 Å². The Morgan fingerprint density at radius 2 is 1.81 bits per heavy atom. The topological polar surface area (TPSA) is 63.4 Å². The maximum atomic E-state index is 12.7. The quantitative estimate of drug-likeness (QED) is 0.842. The fraction of sp³-hybridized carbons (Fsp3) is 0.200. The lowest BCUT2D eigenvalue weighted by Gasteiger charge is -2.19. The average molecular weight is 369 g/mol. The Morgan fingerprint density at radius 1 is 1.14 bits per heavy atom. The summed E-state index contributed by atoms with van der Waals surface area (Å²) in [6.45, 7) is 2.01. The molecule has 2 aromatic rings. The maximum absolute atomic E-state index is 12.7. The average Bonchev–Trinajstić information content (AvgIpc) is 2.44. The molecular weight excluding hydrogens is 352 g/mol. The van der Waals surface area contributed by atoms with Gasteiger partial charge in [-0.1, -0.05) is 40.2 Å². The molecule has 0 aliphatic heterocycles. The summed E-state index contributed by atoms with van der Waals surface area (Å²) < 4.78 is 27.6. The number of sulfonamides is 1. The minimum absolute atomic E-state index is 0.247. The minimum atomic E-state index is -3.57. The SMILES string of the molecule is Cc1c(N)cccc1S(=O)(=O)N(C)Cc1ccccc1Br. The van der Waals surface area contributed by atoms with Crippen LogP contribution in [0.5, 0.6) is 0 Å². The first-order chi connectivity index (χ1) is 9.84. The molecule has 0 fully saturated rings. The molecule has 0 aromatic heterocycles. The van der Waals surface area contributed by atoms with Crippen molar-refractivity contribution in [1.29, 1.82) is 0 Å². The summed E-state index contributed by atoms with van der Waals surface area (Å²) >= 11 is 3.43. The Hall–Kier alpha value is -1.37. The summed E-state index contributed by atoms with van der Waals surface area (Å²) in [5.41, 5.74) is 7.77. The van der Waals surface area contributed by atoms with Gasteiger partial charge in [0, 0.05) is 23.8 Å². The van der Waals surface area contributed by atoms with E-state index >= 15 is 0 Å². The predicted molar refractivity (Wildman–Crippen MR) is 88.4 cm³/mol. The Balaban J connectivity index is 2.36. The summed E-state index contributed by atoms with van der Waals surface area (Å²) in [6, 6.07) is 12.5. The van der Waals surface area contributed by atoms with Crippen molar-refractivity contribution >= 4 is 31.6 Å². The lowest BCUT2D eigenvalue weighted by molar-refractivity contribution is 0.465. The van der Waals surface area contributed by atoms with Gasteiger partial charge in [-0.25, -0.2) is 8.42 Å². The molecule has 0 heterocycles. The van der Waals surface area contributed by atoms with E-state index in [0.717, 1.165) is 10.0 Å². The Kier molecular flexibility index (Phi) is 4.70. The lowest BCUT2D eigenvalue weighted by Crippen LogP contribution is -2.27. The van der Waals surface area contributed by atoms with E-state index < -0.39 is 10.0 Å². The van der Waals surface area contributed by atoms with E-state index in [1.54, 1.807) is 32.2 Å². The molecule has 2 rings (SSSR count). The van der Waals surface area contributed by atoms with Crippen LogP contribution < -0.4 is 5.73 Å². The zero-order valence-corrected chi connectivity index (χ0v) is 14.3. The number of hydrogen-bond acceptors (Lipinski definition) is 3. The van der Waals surface area contributed by atoms with Crippen molar-refractivity contribution < 1.29 is 8.42 Å². The van der Waals surface area contributed by atoms with Crippen molar-refractivity contribution in [2.24, 2.45) is 0 Å². The van der Waals surface area contributed by atoms with Crippen LogP contribution in [0.15, 0.2) is 51.8 Å². The van der Waals surface area contributed by atoms with Gasteiger partial charge >= 0.3 is 0 Å². The second kappa shape index (κ2) is 6.17. The Labute approximate surface area is 133 Å². The van der Waals surface area contributed by atoms with Crippen molar-refractivity contribution in [2.75, 3.05) is 12.8 Å². The molecule has 0 spiro atoms. The standard InChI is InChI=1S/C15H17BrN2O2S/c1-11-14(17)8-5-9-15(11)21(19,20)18(2)10-12-6-3-4-7-13(12)16/h3-9H,10,17H2,1-2H3. The molecule has 0 aliphatic rings. The molecule has 0 radical (unpaired) electrons. The molecule has 2 aromatic carbocycles. The third kappa shape index (κ3) is 3.28. The summed E-state index contributed by atoms with van der Waals surface area (Å²) in [6.07, 6.45) is 0. The maximum Gasteiger partial charge on any atom is 0.243 e. The van der Waals surface area contributed by atoms with Gasteiger partial charge in [0.25, 0.3) is 0 Å². The van der Waals surface area contributed by atoms with Gasteiger partial charge in [0.05, 0.1) is 4.90 Å². The second-order valence-corrected chi connectivity index (χ2v) is 7.69. The highest BCUT2D eigenvalue weighted by Gasteiger charge is 2.23. The zero-order valence-electron chi connectivity index (χ0n) is 11.9. The summed E-state index contributed by atoms with van der Waals surface area (Å²) in [7, 11) is -2.01. The van der Waals surface area contributed by atoms with Crippen molar-refractivity contribution in [3.05, 3.63) is 58.1 Å². The van der Waals surface area contributed by atoms with Crippen molar-refractivity contribution in [2.45, 2.75) is 18.4 Å². The van der Waals surface area contributed by atoms with E-state index in [4.69, 9.17) is 5.73 Å². The van der Waals surface area contributed by atoms with Crippen molar-refractivity contribution in [3.8, 4) is 0 Å². The number of benzene rings is 2. The van der Waals surface area contributed by atoms with E-state index in [0.29, 0.717) is 11.3 Å². The lowest BCUT2D eigenvalue weighted by atomic mass is 10.2. The highest BCUT2D eigenvalue weighted by Crippen LogP contribution is 2.25. The number of rotatable bonds is 4. The monoisotopic (exact) mass is 368 g/mol. The first kappa shape index (κ1) is 16.0. The first-order valence-corrected chi connectivity index (χ1v) is 8.62. The summed E-state index contributed by atoms with van der Waals surface area (Å²) in [5.74, 6) is 0. The molecule has 4 nitrogen and oxygen atoms in total. The van der Waals surface area contributed by atoms with Gasteiger partial charge < -0.3 is 5.73 Å². The Morgan fingerprint density at radius 3 is 2.48 bits per heavy atom. The van der Waals surface area contributed by atoms with E-state index in [1.165, 1.54) is 4.31 Å². The third-order valence-electron chi connectivity index (χ3n) is 3.37. The van der Waals surface area contributed by atoms with E-state index in [2.05, 4.69) is 15.9 Å². The largest absolute Gasteiger partial charge is 0.398 e. The van der Waals surface area contributed by atoms with Crippen molar-refractivity contribution in [3.63, 3.8) is 0 Å². The molecule has 0 saturated heterocycles. The van der Waals surface area contributed by atoms with Crippen LogP contribution in [0.3, 0.4) is 0 Å². The van der Waals surface area contributed by atoms with Crippen LogP contribution in [-0.2, 0) is 16.6 Å². The van der Waals surface area contributed by atoms with Crippen LogP contribution in [0.1, 0.15) is 11.1 Å². The zero-order chi connectivity index (χ0) is 15.6. The fourth-order valence-electron chi connectivity index (χ4n) is 2.03. The summed E-state index contributed by atoms with van der Waals surface area (Å²) in [4.78, 5) is 0.247. The molecule has 112 valence electrons. The van der Waals surface area contributed by atoms with Crippen LogP contribution in [-0.4, -0.2) is 19.8 Å². The normalized spacial score (nSPS) is 11.8. The number of nitrogens with two attached hydrogens (primary N) is 1. The summed E-state index contributed by atoms with van der Waals surface area (Å²) in [5, 5.41) is 0. The van der Waals surface area contributed by atoms with Crippen molar-refractivity contribution in [1.82, 2.24) is 4.31 Å². The molecule has 2 N–H and O–H groups in total. The molecular formula is C15H17BrN2O2S. The molecule has 0 bridgehead atoms. The van der Waals surface area contributed by atoms with Gasteiger partial charge in [-0.3, -0.25) is 0 Å². The van der Waals surface area contributed by atoms with E-state index in [9.17, 15) is 8.42 Å². The van der Waals surface area contributed by atoms with E-state index in [1.807, 2.05) is 24.3 Å². The number of nitrogen functional groups attached to an aromatic ring is 1. The van der Waals surface area contributed by atoms with Crippen LogP contribution in [0.4, 0.5) is 5.69 Å². The molecule has 0 unspecified atom stereocenters. The number of hydrogen-bond donors (Lipinski definition) is 1. The Bertz CT molecular complexity index is 760.